The fourth-order valence-corrected chi connectivity index (χ4v) is 5.50. The molecule has 0 radical (unpaired) electrons. The van der Waals surface area contributed by atoms with E-state index in [0.29, 0.717) is 18.9 Å². The van der Waals surface area contributed by atoms with Crippen molar-refractivity contribution in [2.24, 2.45) is 0 Å². The second-order valence-electron chi connectivity index (χ2n) is 5.79. The summed E-state index contributed by atoms with van der Waals surface area (Å²) < 4.78 is 28.4. The molecular weight excluding hydrogens is 310 g/mol. The molecule has 1 aliphatic carbocycles. The maximum atomic E-state index is 11.6. The molecule has 0 bridgehead atoms. The Balaban J connectivity index is 1.50. The molecule has 2 heterocycles. The van der Waals surface area contributed by atoms with Crippen molar-refractivity contribution in [2.75, 3.05) is 18.1 Å². The Morgan fingerprint density at radius 2 is 2.14 bits per heavy atom. The van der Waals surface area contributed by atoms with Crippen LogP contribution < -0.4 is 5.32 Å². The third-order valence-electron chi connectivity index (χ3n) is 3.98. The Morgan fingerprint density at radius 1 is 1.33 bits per heavy atom. The number of nitrogens with one attached hydrogen (secondary N) is 1. The highest BCUT2D eigenvalue weighted by Gasteiger charge is 2.26. The molecular formula is C13H21N3O3S2. The van der Waals surface area contributed by atoms with Gasteiger partial charge < -0.3 is 9.84 Å². The summed E-state index contributed by atoms with van der Waals surface area (Å²) in [5, 5.41) is 7.93. The predicted molar refractivity (Wildman–Crippen MR) is 82.0 cm³/mol. The largest absolute Gasteiger partial charge is 0.339 e. The lowest BCUT2D eigenvalue weighted by Gasteiger charge is -2.21. The Labute approximate surface area is 129 Å². The lowest BCUT2D eigenvalue weighted by molar-refractivity contribution is 0.358. The number of nitrogens with zero attached hydrogens (tertiary/aromatic N) is 2. The van der Waals surface area contributed by atoms with Gasteiger partial charge in [0.05, 0.1) is 17.3 Å². The topological polar surface area (TPSA) is 85.1 Å². The summed E-state index contributed by atoms with van der Waals surface area (Å²) in [6.07, 6.45) is 5.73. The van der Waals surface area contributed by atoms with Crippen molar-refractivity contribution in [2.45, 2.75) is 49.1 Å². The molecule has 6 nitrogen and oxygen atoms in total. The molecule has 1 aromatic heterocycles. The van der Waals surface area contributed by atoms with Crippen molar-refractivity contribution in [1.29, 1.82) is 0 Å². The lowest BCUT2D eigenvalue weighted by atomic mass is 10.2. The molecule has 1 saturated carbocycles. The lowest BCUT2D eigenvalue weighted by Crippen LogP contribution is -2.46. The summed E-state index contributed by atoms with van der Waals surface area (Å²) in [6, 6.07) is -0.112. The highest BCUT2D eigenvalue weighted by Crippen LogP contribution is 2.31. The molecule has 2 aliphatic rings. The van der Waals surface area contributed by atoms with Crippen LogP contribution >= 0.6 is 11.8 Å². The first-order valence-electron chi connectivity index (χ1n) is 7.47. The summed E-state index contributed by atoms with van der Waals surface area (Å²) in [7, 11) is -2.92. The van der Waals surface area contributed by atoms with Gasteiger partial charge in [-0.05, 0) is 12.8 Å². The van der Waals surface area contributed by atoms with Crippen LogP contribution in [0.25, 0.3) is 0 Å². The Morgan fingerprint density at radius 3 is 2.90 bits per heavy atom. The Kier molecular flexibility index (Phi) is 4.85. The van der Waals surface area contributed by atoms with Crippen molar-refractivity contribution in [1.82, 2.24) is 15.5 Å². The van der Waals surface area contributed by atoms with E-state index in [1.807, 2.05) is 11.8 Å². The van der Waals surface area contributed by atoms with Crippen LogP contribution in [0.15, 0.2) is 4.52 Å². The van der Waals surface area contributed by atoms with Gasteiger partial charge in [0.2, 0.25) is 5.89 Å². The van der Waals surface area contributed by atoms with E-state index in [1.165, 1.54) is 25.7 Å². The second-order valence-corrected chi connectivity index (χ2v) is 9.31. The summed E-state index contributed by atoms with van der Waals surface area (Å²) in [5.74, 6) is 2.41. The molecule has 3 rings (SSSR count). The molecule has 0 spiro atoms. The zero-order valence-corrected chi connectivity index (χ0v) is 13.6. The molecule has 2 fully saturated rings. The van der Waals surface area contributed by atoms with Gasteiger partial charge in [-0.15, -0.1) is 0 Å². The van der Waals surface area contributed by atoms with Gasteiger partial charge >= 0.3 is 0 Å². The minimum atomic E-state index is -2.92. The SMILES string of the molecule is O=S1(=O)CCNC(Cc2nc(CSC3CCCC3)no2)C1. The first-order valence-corrected chi connectivity index (χ1v) is 10.3. The number of sulfone groups is 1. The molecule has 118 valence electrons. The molecule has 1 aliphatic heterocycles. The van der Waals surface area contributed by atoms with Crippen LogP contribution in [0, 0.1) is 0 Å². The number of thioether (sulfide) groups is 1. The van der Waals surface area contributed by atoms with Gasteiger partial charge in [0.25, 0.3) is 0 Å². The zero-order valence-electron chi connectivity index (χ0n) is 12.0. The van der Waals surface area contributed by atoms with E-state index in [-0.39, 0.29) is 17.5 Å². The number of hydrogen-bond donors (Lipinski definition) is 1. The summed E-state index contributed by atoms with van der Waals surface area (Å²) in [6.45, 7) is 0.505. The van der Waals surface area contributed by atoms with Crippen molar-refractivity contribution in [3.8, 4) is 0 Å². The molecule has 1 unspecified atom stereocenters. The van der Waals surface area contributed by atoms with Gasteiger partial charge in [0.15, 0.2) is 15.7 Å². The first kappa shape index (κ1) is 15.3. The molecule has 1 saturated heterocycles. The second kappa shape index (κ2) is 6.66. The van der Waals surface area contributed by atoms with E-state index in [1.54, 1.807) is 0 Å². The van der Waals surface area contributed by atoms with E-state index in [2.05, 4.69) is 15.5 Å². The van der Waals surface area contributed by atoms with Gasteiger partial charge in [0, 0.05) is 24.3 Å². The van der Waals surface area contributed by atoms with Gasteiger partial charge in [-0.25, -0.2) is 8.42 Å². The monoisotopic (exact) mass is 331 g/mol. The quantitative estimate of drug-likeness (QED) is 0.867. The van der Waals surface area contributed by atoms with Crippen LogP contribution in [0.2, 0.25) is 0 Å². The van der Waals surface area contributed by atoms with Gasteiger partial charge in [-0.3, -0.25) is 0 Å². The van der Waals surface area contributed by atoms with E-state index < -0.39 is 9.84 Å². The maximum absolute atomic E-state index is 11.6. The van der Waals surface area contributed by atoms with Crippen molar-refractivity contribution >= 4 is 21.6 Å². The van der Waals surface area contributed by atoms with Crippen molar-refractivity contribution < 1.29 is 12.9 Å². The van der Waals surface area contributed by atoms with Crippen LogP contribution in [-0.4, -0.2) is 47.9 Å². The molecule has 8 heteroatoms. The standard InChI is InChI=1S/C13H21N3O3S2/c17-21(18)6-5-14-10(9-21)7-13-15-12(16-19-13)8-20-11-3-1-2-4-11/h10-11,14H,1-9H2. The first-order chi connectivity index (χ1) is 10.1. The van der Waals surface area contributed by atoms with Crippen LogP contribution in [0.5, 0.6) is 0 Å². The number of rotatable bonds is 5. The molecule has 0 amide bonds. The van der Waals surface area contributed by atoms with Crippen LogP contribution in [-0.2, 0) is 22.0 Å². The average Bonchev–Trinajstić information content (AvgIpc) is 3.06. The number of hydrogen-bond acceptors (Lipinski definition) is 7. The maximum Gasteiger partial charge on any atom is 0.228 e. The van der Waals surface area contributed by atoms with Crippen molar-refractivity contribution in [3.63, 3.8) is 0 Å². The van der Waals surface area contributed by atoms with Crippen LogP contribution in [0.4, 0.5) is 0 Å². The van der Waals surface area contributed by atoms with Gasteiger partial charge in [-0.2, -0.15) is 16.7 Å². The molecule has 0 aromatic carbocycles. The fraction of sp³-hybridized carbons (Fsp3) is 0.846. The normalized spacial score (nSPS) is 26.2. The number of aromatic nitrogens is 2. The van der Waals surface area contributed by atoms with E-state index in [0.717, 1.165) is 16.8 Å². The summed E-state index contributed by atoms with van der Waals surface area (Å²) in [5.41, 5.74) is 0. The Bertz CT molecular complexity index is 567. The Hall–Kier alpha value is -0.600. The summed E-state index contributed by atoms with van der Waals surface area (Å²) >= 11 is 1.90. The van der Waals surface area contributed by atoms with E-state index in [9.17, 15) is 8.42 Å². The highest BCUT2D eigenvalue weighted by atomic mass is 32.2. The average molecular weight is 331 g/mol. The summed E-state index contributed by atoms with van der Waals surface area (Å²) in [4.78, 5) is 4.38. The smallest absolute Gasteiger partial charge is 0.228 e. The molecule has 21 heavy (non-hydrogen) atoms. The molecule has 1 atom stereocenters. The van der Waals surface area contributed by atoms with Crippen LogP contribution in [0.3, 0.4) is 0 Å². The van der Waals surface area contributed by atoms with E-state index >= 15 is 0 Å². The minimum Gasteiger partial charge on any atom is -0.339 e. The fourth-order valence-electron chi connectivity index (χ4n) is 2.89. The predicted octanol–water partition coefficient (Wildman–Crippen LogP) is 1.17. The van der Waals surface area contributed by atoms with Crippen LogP contribution in [0.1, 0.15) is 37.4 Å². The van der Waals surface area contributed by atoms with E-state index in [4.69, 9.17) is 4.52 Å². The molecule has 1 aromatic rings. The van der Waals surface area contributed by atoms with Gasteiger partial charge in [0.1, 0.15) is 0 Å². The third-order valence-corrected chi connectivity index (χ3v) is 7.09. The van der Waals surface area contributed by atoms with Gasteiger partial charge in [-0.1, -0.05) is 18.0 Å². The molecule has 1 N–H and O–H groups in total. The highest BCUT2D eigenvalue weighted by molar-refractivity contribution is 7.99. The minimum absolute atomic E-state index is 0.112. The third kappa shape index (κ3) is 4.43. The van der Waals surface area contributed by atoms with Crippen molar-refractivity contribution in [3.05, 3.63) is 11.7 Å². The zero-order chi connectivity index (χ0) is 14.7.